The number of carbonyl (C=O) groups excluding carboxylic acids is 2. The van der Waals surface area contributed by atoms with Crippen molar-refractivity contribution in [2.75, 3.05) is 12.3 Å². The third kappa shape index (κ3) is 6.38. The third-order valence-corrected chi connectivity index (χ3v) is 5.77. The molecule has 0 amide bonds. The molecule has 3 rings (SSSR count). The third-order valence-electron chi connectivity index (χ3n) is 3.17. The number of alkyl halides is 6. The topological polar surface area (TPSA) is 120 Å². The zero-order chi connectivity index (χ0) is 23.4. The SMILES string of the molecule is NCCS(=O)c1nn2cc(-c3ccccn3)nc2s1.O=C(C(=O)C(F)(F)F)C(F)(F)F. The number of imidazole rings is 1. The Hall–Kier alpha value is -2.72. The molecule has 0 saturated carbocycles. The number of hydrogen-bond donors (Lipinski definition) is 1. The summed E-state index contributed by atoms with van der Waals surface area (Å²) in [6.45, 7) is 0.383. The monoisotopic (exact) mass is 487 g/mol. The highest BCUT2D eigenvalue weighted by Gasteiger charge is 2.54. The van der Waals surface area contributed by atoms with E-state index in [4.69, 9.17) is 5.73 Å². The number of Topliss-reactive ketones (excluding diaryl/α,β-unsaturated/α-hetero) is 2. The van der Waals surface area contributed by atoms with Crippen molar-refractivity contribution in [1.29, 1.82) is 0 Å². The van der Waals surface area contributed by atoms with Gasteiger partial charge in [-0.1, -0.05) is 17.4 Å². The van der Waals surface area contributed by atoms with Crippen LogP contribution in [-0.2, 0) is 20.4 Å². The molecule has 0 aromatic carbocycles. The molecule has 3 aromatic heterocycles. The van der Waals surface area contributed by atoms with Crippen LogP contribution in [0.4, 0.5) is 26.3 Å². The van der Waals surface area contributed by atoms with E-state index < -0.39 is 34.7 Å². The summed E-state index contributed by atoms with van der Waals surface area (Å²) in [6, 6.07) is 5.65. The van der Waals surface area contributed by atoms with Gasteiger partial charge in [0, 0.05) is 18.5 Å². The fourth-order valence-electron chi connectivity index (χ4n) is 1.86. The van der Waals surface area contributed by atoms with Gasteiger partial charge in [0.1, 0.15) is 5.69 Å². The lowest BCUT2D eigenvalue weighted by Gasteiger charge is -2.05. The average Bonchev–Trinajstić information content (AvgIpc) is 3.26. The molecule has 2 N–H and O–H groups in total. The highest BCUT2D eigenvalue weighted by atomic mass is 32.2. The number of halogens is 6. The molecule has 1 atom stereocenters. The number of nitrogens with zero attached hydrogens (tertiary/aromatic N) is 4. The van der Waals surface area contributed by atoms with Crippen LogP contribution in [0.1, 0.15) is 0 Å². The standard InChI is InChI=1S/C11H11N5OS2.C4F6O2/c12-4-6-19(17)11-15-16-7-9(14-10(16)18-11)8-3-1-2-5-13-8;5-3(6,7)1(11)2(12)4(8,9)10/h1-3,5,7H,4,6,12H2;. The van der Waals surface area contributed by atoms with Gasteiger partial charge in [0.15, 0.2) is 0 Å². The van der Waals surface area contributed by atoms with E-state index in [1.165, 1.54) is 11.3 Å². The molecular weight excluding hydrogens is 476 g/mol. The van der Waals surface area contributed by atoms with Gasteiger partial charge in [0.2, 0.25) is 9.30 Å². The molecule has 1 unspecified atom stereocenters. The Morgan fingerprint density at radius 3 is 2.13 bits per heavy atom. The Bertz CT molecular complexity index is 1040. The van der Waals surface area contributed by atoms with E-state index in [-0.39, 0.29) is 0 Å². The smallest absolute Gasteiger partial charge is 0.330 e. The van der Waals surface area contributed by atoms with Crippen molar-refractivity contribution < 1.29 is 40.1 Å². The number of pyridine rings is 1. The lowest BCUT2D eigenvalue weighted by Crippen LogP contribution is -2.39. The Balaban J connectivity index is 0.000000248. The fraction of sp³-hybridized carbons (Fsp3) is 0.267. The van der Waals surface area contributed by atoms with Crippen LogP contribution >= 0.6 is 11.3 Å². The second-order valence-corrected chi connectivity index (χ2v) is 8.13. The first-order valence-corrected chi connectivity index (χ1v) is 10.1. The van der Waals surface area contributed by atoms with E-state index in [9.17, 15) is 40.1 Å². The minimum Gasteiger partial charge on any atom is -0.330 e. The summed E-state index contributed by atoms with van der Waals surface area (Å²) in [5.74, 6) is -6.39. The quantitative estimate of drug-likeness (QED) is 0.433. The summed E-state index contributed by atoms with van der Waals surface area (Å²) in [5, 5.41) is 4.27. The van der Waals surface area contributed by atoms with E-state index in [2.05, 4.69) is 15.1 Å². The molecule has 8 nitrogen and oxygen atoms in total. The van der Waals surface area contributed by atoms with Crippen LogP contribution in [-0.4, -0.2) is 60.0 Å². The Kier molecular flexibility index (Phi) is 7.61. The second-order valence-electron chi connectivity index (χ2n) is 5.43. The van der Waals surface area contributed by atoms with Gasteiger partial charge < -0.3 is 5.73 Å². The maximum Gasteiger partial charge on any atom is 0.458 e. The molecule has 0 fully saturated rings. The molecular formula is C15H11F6N5O3S2. The van der Waals surface area contributed by atoms with Crippen LogP contribution < -0.4 is 5.73 Å². The normalized spacial score (nSPS) is 12.9. The van der Waals surface area contributed by atoms with Crippen molar-refractivity contribution in [3.8, 4) is 11.4 Å². The largest absolute Gasteiger partial charge is 0.458 e. The lowest BCUT2D eigenvalue weighted by molar-refractivity contribution is -0.193. The van der Waals surface area contributed by atoms with Gasteiger partial charge in [0.25, 0.3) is 0 Å². The van der Waals surface area contributed by atoms with Crippen LogP contribution in [0.5, 0.6) is 0 Å². The zero-order valence-electron chi connectivity index (χ0n) is 15.0. The van der Waals surface area contributed by atoms with Crippen molar-refractivity contribution in [3.05, 3.63) is 30.6 Å². The summed E-state index contributed by atoms with van der Waals surface area (Å²) in [4.78, 5) is 28.6. The first kappa shape index (κ1) is 24.5. The van der Waals surface area contributed by atoms with Crippen molar-refractivity contribution in [3.63, 3.8) is 0 Å². The molecule has 0 radical (unpaired) electrons. The minimum absolute atomic E-state index is 0.383. The van der Waals surface area contributed by atoms with Crippen LogP contribution in [0, 0.1) is 0 Å². The zero-order valence-corrected chi connectivity index (χ0v) is 16.6. The van der Waals surface area contributed by atoms with Crippen LogP contribution in [0.3, 0.4) is 0 Å². The number of aromatic nitrogens is 4. The predicted molar refractivity (Wildman–Crippen MR) is 96.5 cm³/mol. The number of fused-ring (bicyclic) bond motifs is 1. The van der Waals surface area contributed by atoms with Gasteiger partial charge in [-0.3, -0.25) is 18.8 Å². The van der Waals surface area contributed by atoms with Crippen LogP contribution in [0.2, 0.25) is 0 Å². The Morgan fingerprint density at radius 2 is 1.68 bits per heavy atom. The first-order chi connectivity index (χ1) is 14.3. The van der Waals surface area contributed by atoms with Gasteiger partial charge >= 0.3 is 23.9 Å². The van der Waals surface area contributed by atoms with E-state index in [1.54, 1.807) is 16.9 Å². The molecule has 0 aliphatic heterocycles. The maximum absolute atomic E-state index is 11.8. The molecule has 168 valence electrons. The van der Waals surface area contributed by atoms with E-state index >= 15 is 0 Å². The number of hydrogen-bond acceptors (Lipinski definition) is 8. The first-order valence-electron chi connectivity index (χ1n) is 7.93. The molecule has 0 saturated heterocycles. The summed E-state index contributed by atoms with van der Waals surface area (Å²) in [7, 11) is -1.14. The van der Waals surface area contributed by atoms with Crippen molar-refractivity contribution >= 4 is 38.7 Å². The maximum atomic E-state index is 11.8. The van der Waals surface area contributed by atoms with E-state index in [0.717, 1.165) is 11.4 Å². The van der Waals surface area contributed by atoms with Gasteiger partial charge in [-0.25, -0.2) is 9.50 Å². The Morgan fingerprint density at radius 1 is 1.06 bits per heavy atom. The molecule has 0 aliphatic carbocycles. The summed E-state index contributed by atoms with van der Waals surface area (Å²) < 4.78 is 80.9. The van der Waals surface area contributed by atoms with Gasteiger partial charge in [-0.15, -0.1) is 5.10 Å². The van der Waals surface area contributed by atoms with Crippen LogP contribution in [0.25, 0.3) is 16.3 Å². The minimum atomic E-state index is -5.77. The van der Waals surface area contributed by atoms with Crippen molar-refractivity contribution in [1.82, 2.24) is 19.6 Å². The molecule has 3 aromatic rings. The molecule has 31 heavy (non-hydrogen) atoms. The van der Waals surface area contributed by atoms with E-state index in [1.807, 2.05) is 18.2 Å². The number of nitrogens with two attached hydrogens (primary N) is 1. The number of carbonyl (C=O) groups is 2. The van der Waals surface area contributed by atoms with Gasteiger partial charge in [-0.05, 0) is 12.1 Å². The molecule has 0 aliphatic rings. The summed E-state index contributed by atoms with van der Waals surface area (Å²) in [5.41, 5.74) is 6.95. The second kappa shape index (κ2) is 9.61. The fourth-order valence-corrected chi connectivity index (χ4v) is 3.89. The number of rotatable bonds is 5. The Labute approximate surface area is 175 Å². The molecule has 16 heteroatoms. The average molecular weight is 487 g/mol. The van der Waals surface area contributed by atoms with Crippen LogP contribution in [0.15, 0.2) is 34.9 Å². The molecule has 0 spiro atoms. The van der Waals surface area contributed by atoms with Crippen molar-refractivity contribution in [2.45, 2.75) is 16.7 Å². The summed E-state index contributed by atoms with van der Waals surface area (Å²) in [6.07, 6.45) is -8.03. The lowest BCUT2D eigenvalue weighted by atomic mass is 10.2. The predicted octanol–water partition coefficient (Wildman–Crippen LogP) is 2.17. The molecule has 0 bridgehead atoms. The highest BCUT2D eigenvalue weighted by Crippen LogP contribution is 2.24. The molecule has 3 heterocycles. The van der Waals surface area contributed by atoms with Gasteiger partial charge in [-0.2, -0.15) is 26.3 Å². The summed E-state index contributed by atoms with van der Waals surface area (Å²) >= 11 is 1.32. The van der Waals surface area contributed by atoms with E-state index in [0.29, 0.717) is 21.6 Å². The van der Waals surface area contributed by atoms with Crippen molar-refractivity contribution in [2.24, 2.45) is 5.73 Å². The number of ketones is 2. The highest BCUT2D eigenvalue weighted by molar-refractivity contribution is 7.87. The van der Waals surface area contributed by atoms with Gasteiger partial charge in [0.05, 0.1) is 22.7 Å².